The quantitative estimate of drug-likeness (QED) is 0.690. The number of nitrogens with zero attached hydrogens (tertiary/aromatic N) is 3. The number of anilines is 1. The Bertz CT molecular complexity index is 849. The third-order valence-corrected chi connectivity index (χ3v) is 4.81. The largest absolute Gasteiger partial charge is 0.493 e. The van der Waals surface area contributed by atoms with Crippen LogP contribution in [0.5, 0.6) is 11.5 Å². The van der Waals surface area contributed by atoms with E-state index >= 15 is 0 Å². The molecule has 8 heteroatoms. The Balaban J connectivity index is 1.53. The summed E-state index contributed by atoms with van der Waals surface area (Å²) in [6, 6.07) is 8.59. The number of hydrogen-bond donors (Lipinski definition) is 0. The number of aromatic nitrogens is 1. The summed E-state index contributed by atoms with van der Waals surface area (Å²) in [5.41, 5.74) is 0.530. The summed E-state index contributed by atoms with van der Waals surface area (Å²) in [5, 5.41) is 0.599. The number of ether oxygens (including phenoxy) is 2. The Kier molecular flexibility index (Phi) is 6.36. The first-order valence-corrected chi connectivity index (χ1v) is 9.32. The zero-order valence-electron chi connectivity index (χ0n) is 15.9. The van der Waals surface area contributed by atoms with Crippen molar-refractivity contribution in [1.29, 1.82) is 0 Å². The van der Waals surface area contributed by atoms with E-state index < -0.39 is 0 Å². The van der Waals surface area contributed by atoms with Gasteiger partial charge in [0.1, 0.15) is 5.82 Å². The number of rotatable bonds is 6. The van der Waals surface area contributed by atoms with Crippen molar-refractivity contribution in [3.05, 3.63) is 47.1 Å². The smallest absolute Gasteiger partial charge is 0.260 e. The predicted octanol–water partition coefficient (Wildman–Crippen LogP) is 2.67. The standard InChI is InChI=1S/C20H22ClN3O4/c1-14(25)15-3-5-17(18(11-15)27-2)28-13-20(26)24-9-7-23(8-10-24)19-6-4-16(21)12-22-19/h3-6,11-12H,7-10,13H2,1-2H3. The second-order valence-corrected chi connectivity index (χ2v) is 6.85. The number of amides is 1. The van der Waals surface area contributed by atoms with Gasteiger partial charge in [0.25, 0.3) is 5.91 Å². The Morgan fingerprint density at radius 2 is 1.86 bits per heavy atom. The monoisotopic (exact) mass is 403 g/mol. The molecule has 3 rings (SSSR count). The number of pyridine rings is 1. The average Bonchev–Trinajstić information content (AvgIpc) is 2.72. The minimum atomic E-state index is -0.0959. The second kappa shape index (κ2) is 8.93. The summed E-state index contributed by atoms with van der Waals surface area (Å²) in [7, 11) is 1.50. The molecule has 1 amide bonds. The molecule has 0 aliphatic carbocycles. The highest BCUT2D eigenvalue weighted by atomic mass is 35.5. The van der Waals surface area contributed by atoms with Crippen LogP contribution in [0.25, 0.3) is 0 Å². The predicted molar refractivity (Wildman–Crippen MR) is 107 cm³/mol. The first kappa shape index (κ1) is 19.9. The van der Waals surface area contributed by atoms with Crippen molar-refractivity contribution >= 4 is 29.1 Å². The van der Waals surface area contributed by atoms with Gasteiger partial charge in [-0.1, -0.05) is 11.6 Å². The molecule has 0 spiro atoms. The van der Waals surface area contributed by atoms with Gasteiger partial charge in [-0.15, -0.1) is 0 Å². The number of carbonyl (C=O) groups is 2. The van der Waals surface area contributed by atoms with E-state index in [-0.39, 0.29) is 18.3 Å². The summed E-state index contributed by atoms with van der Waals surface area (Å²) in [4.78, 5) is 32.2. The van der Waals surface area contributed by atoms with E-state index in [9.17, 15) is 9.59 Å². The van der Waals surface area contributed by atoms with Gasteiger partial charge in [-0.05, 0) is 37.3 Å². The van der Waals surface area contributed by atoms with Gasteiger partial charge in [-0.3, -0.25) is 9.59 Å². The molecule has 0 saturated carbocycles. The van der Waals surface area contributed by atoms with Gasteiger partial charge in [0.15, 0.2) is 23.9 Å². The van der Waals surface area contributed by atoms with Crippen LogP contribution in [0.1, 0.15) is 17.3 Å². The summed E-state index contributed by atoms with van der Waals surface area (Å²) in [6.07, 6.45) is 1.62. The van der Waals surface area contributed by atoms with Crippen molar-refractivity contribution < 1.29 is 19.1 Å². The normalized spacial score (nSPS) is 14.0. The summed E-state index contributed by atoms with van der Waals surface area (Å²) >= 11 is 5.87. The van der Waals surface area contributed by atoms with Crippen LogP contribution in [0.4, 0.5) is 5.82 Å². The van der Waals surface area contributed by atoms with E-state index in [0.29, 0.717) is 48.3 Å². The van der Waals surface area contributed by atoms with Crippen LogP contribution in [-0.2, 0) is 4.79 Å². The number of carbonyl (C=O) groups excluding carboxylic acids is 2. The number of hydrogen-bond acceptors (Lipinski definition) is 6. The van der Waals surface area contributed by atoms with Crippen molar-refractivity contribution in [3.63, 3.8) is 0 Å². The second-order valence-electron chi connectivity index (χ2n) is 6.41. The molecule has 2 aromatic rings. The summed E-state index contributed by atoms with van der Waals surface area (Å²) < 4.78 is 10.9. The molecule has 2 heterocycles. The third kappa shape index (κ3) is 4.72. The number of piperazine rings is 1. The molecule has 0 unspecified atom stereocenters. The molecule has 1 aromatic heterocycles. The van der Waals surface area contributed by atoms with Crippen molar-refractivity contribution in [3.8, 4) is 11.5 Å². The first-order chi connectivity index (χ1) is 13.5. The number of Topliss-reactive ketones (excluding diaryl/α,β-unsaturated/α-hetero) is 1. The van der Waals surface area contributed by atoms with E-state index in [2.05, 4.69) is 9.88 Å². The molecular formula is C20H22ClN3O4. The minimum absolute atomic E-state index is 0.0611. The Morgan fingerprint density at radius 1 is 1.11 bits per heavy atom. The lowest BCUT2D eigenvalue weighted by atomic mass is 10.1. The Labute approximate surface area is 168 Å². The summed E-state index contributed by atoms with van der Waals surface area (Å²) in [5.74, 6) is 1.56. The molecule has 1 saturated heterocycles. The van der Waals surface area contributed by atoms with E-state index in [1.807, 2.05) is 6.07 Å². The highest BCUT2D eigenvalue weighted by molar-refractivity contribution is 6.30. The van der Waals surface area contributed by atoms with Crippen LogP contribution >= 0.6 is 11.6 Å². The van der Waals surface area contributed by atoms with Crippen LogP contribution in [0.2, 0.25) is 5.02 Å². The van der Waals surface area contributed by atoms with Crippen LogP contribution in [0.3, 0.4) is 0 Å². The van der Waals surface area contributed by atoms with Crippen LogP contribution < -0.4 is 14.4 Å². The molecular weight excluding hydrogens is 382 g/mol. The number of ketones is 1. The van der Waals surface area contributed by atoms with Crippen molar-refractivity contribution in [2.45, 2.75) is 6.92 Å². The van der Waals surface area contributed by atoms with Gasteiger partial charge in [0.05, 0.1) is 12.1 Å². The van der Waals surface area contributed by atoms with Crippen molar-refractivity contribution in [2.24, 2.45) is 0 Å². The molecule has 28 heavy (non-hydrogen) atoms. The van der Waals surface area contributed by atoms with Gasteiger partial charge in [-0.2, -0.15) is 0 Å². The van der Waals surface area contributed by atoms with Crippen LogP contribution in [0, 0.1) is 0 Å². The molecule has 0 atom stereocenters. The number of halogens is 1. The van der Waals surface area contributed by atoms with E-state index in [1.54, 1.807) is 35.4 Å². The minimum Gasteiger partial charge on any atom is -0.493 e. The lowest BCUT2D eigenvalue weighted by Crippen LogP contribution is -2.50. The van der Waals surface area contributed by atoms with Crippen LogP contribution in [-0.4, -0.2) is 61.5 Å². The topological polar surface area (TPSA) is 72.0 Å². The zero-order valence-corrected chi connectivity index (χ0v) is 16.6. The van der Waals surface area contributed by atoms with Gasteiger partial charge in [0.2, 0.25) is 0 Å². The van der Waals surface area contributed by atoms with Gasteiger partial charge < -0.3 is 19.3 Å². The van der Waals surface area contributed by atoms with Crippen LogP contribution in [0.15, 0.2) is 36.5 Å². The van der Waals surface area contributed by atoms with E-state index in [0.717, 1.165) is 5.82 Å². The zero-order chi connectivity index (χ0) is 20.1. The lowest BCUT2D eigenvalue weighted by molar-refractivity contribution is -0.133. The fourth-order valence-corrected chi connectivity index (χ4v) is 3.09. The average molecular weight is 404 g/mol. The fraction of sp³-hybridized carbons (Fsp3) is 0.350. The lowest BCUT2D eigenvalue weighted by Gasteiger charge is -2.35. The molecule has 0 N–H and O–H groups in total. The van der Waals surface area contributed by atoms with Gasteiger partial charge in [0, 0.05) is 37.9 Å². The maximum absolute atomic E-state index is 12.5. The van der Waals surface area contributed by atoms with E-state index in [4.69, 9.17) is 21.1 Å². The van der Waals surface area contributed by atoms with Gasteiger partial charge >= 0.3 is 0 Å². The highest BCUT2D eigenvalue weighted by Crippen LogP contribution is 2.28. The van der Waals surface area contributed by atoms with Gasteiger partial charge in [-0.25, -0.2) is 4.98 Å². The fourth-order valence-electron chi connectivity index (χ4n) is 2.98. The molecule has 1 aromatic carbocycles. The maximum Gasteiger partial charge on any atom is 0.260 e. The van der Waals surface area contributed by atoms with Crippen molar-refractivity contribution in [1.82, 2.24) is 9.88 Å². The Morgan fingerprint density at radius 3 is 2.46 bits per heavy atom. The molecule has 148 valence electrons. The third-order valence-electron chi connectivity index (χ3n) is 4.59. The Hall–Kier alpha value is -2.80. The molecule has 0 bridgehead atoms. The molecule has 1 fully saturated rings. The molecule has 7 nitrogen and oxygen atoms in total. The molecule has 1 aliphatic rings. The van der Waals surface area contributed by atoms with E-state index in [1.165, 1.54) is 14.0 Å². The molecule has 0 radical (unpaired) electrons. The highest BCUT2D eigenvalue weighted by Gasteiger charge is 2.22. The maximum atomic E-state index is 12.5. The number of methoxy groups -OCH3 is 1. The summed E-state index contributed by atoms with van der Waals surface area (Å²) in [6.45, 7) is 3.96. The number of benzene rings is 1. The molecule has 1 aliphatic heterocycles. The van der Waals surface area contributed by atoms with Crippen molar-refractivity contribution in [2.75, 3.05) is 44.8 Å². The SMILES string of the molecule is COc1cc(C(C)=O)ccc1OCC(=O)N1CCN(c2ccc(Cl)cn2)CC1. The first-order valence-electron chi connectivity index (χ1n) is 8.94.